The van der Waals surface area contributed by atoms with E-state index in [0.29, 0.717) is 6.61 Å². The van der Waals surface area contributed by atoms with Crippen LogP contribution in [0.2, 0.25) is 0 Å². The number of hydrogen-bond donors (Lipinski definition) is 0. The second-order valence-electron chi connectivity index (χ2n) is 6.28. The lowest BCUT2D eigenvalue weighted by atomic mass is 9.84. The molecule has 1 aliphatic rings. The lowest BCUT2D eigenvalue weighted by Gasteiger charge is -2.21. The van der Waals surface area contributed by atoms with Crippen LogP contribution in [0, 0.1) is 6.92 Å². The Balaban J connectivity index is 2.02. The van der Waals surface area contributed by atoms with E-state index in [-0.39, 0.29) is 11.5 Å². The van der Waals surface area contributed by atoms with Gasteiger partial charge in [-0.05, 0) is 31.6 Å². The van der Waals surface area contributed by atoms with Crippen molar-refractivity contribution in [1.82, 2.24) is 0 Å². The standard InChI is InChI=1S/C20H26O2/c1-5-7-18(21-14-19-15-22-19)8-6-13-20(3,4)17-11-9-16(2)10-12-17/h5-13,19H,14-15H2,1-4H3/b7-5-,13-6+,18-8+. The lowest BCUT2D eigenvalue weighted by molar-refractivity contribution is 0.193. The summed E-state index contributed by atoms with van der Waals surface area (Å²) in [6.07, 6.45) is 10.5. The normalized spacial score (nSPS) is 19.1. The average molecular weight is 298 g/mol. The first-order valence-corrected chi connectivity index (χ1v) is 7.85. The molecule has 0 amide bonds. The zero-order chi connectivity index (χ0) is 16.0. The average Bonchev–Trinajstić information content (AvgIpc) is 3.29. The van der Waals surface area contributed by atoms with Crippen molar-refractivity contribution in [3.05, 3.63) is 71.5 Å². The van der Waals surface area contributed by atoms with Crippen LogP contribution in [0.5, 0.6) is 0 Å². The van der Waals surface area contributed by atoms with Crippen LogP contribution in [0.25, 0.3) is 0 Å². The van der Waals surface area contributed by atoms with E-state index in [1.54, 1.807) is 0 Å². The van der Waals surface area contributed by atoms with E-state index in [9.17, 15) is 0 Å². The highest BCUT2D eigenvalue weighted by atomic mass is 16.6. The first kappa shape index (κ1) is 16.6. The Kier molecular flexibility index (Phi) is 5.62. The van der Waals surface area contributed by atoms with Gasteiger partial charge in [0.25, 0.3) is 0 Å². The van der Waals surface area contributed by atoms with Crippen LogP contribution in [0.4, 0.5) is 0 Å². The van der Waals surface area contributed by atoms with Gasteiger partial charge in [0.15, 0.2) is 0 Å². The van der Waals surface area contributed by atoms with Crippen molar-refractivity contribution in [1.29, 1.82) is 0 Å². The minimum atomic E-state index is -0.00908. The predicted molar refractivity (Wildman–Crippen MR) is 91.9 cm³/mol. The molecule has 1 atom stereocenters. The minimum absolute atomic E-state index is 0.00908. The van der Waals surface area contributed by atoms with Crippen molar-refractivity contribution in [3.63, 3.8) is 0 Å². The van der Waals surface area contributed by atoms with E-state index in [1.165, 1.54) is 11.1 Å². The molecule has 0 bridgehead atoms. The van der Waals surface area contributed by atoms with Crippen molar-refractivity contribution in [2.75, 3.05) is 13.2 Å². The molecule has 0 spiro atoms. The molecule has 0 aromatic heterocycles. The highest BCUT2D eigenvalue weighted by molar-refractivity contribution is 5.32. The predicted octanol–water partition coefficient (Wildman–Crippen LogP) is 4.70. The van der Waals surface area contributed by atoms with E-state index in [1.807, 2.05) is 25.2 Å². The third-order valence-corrected chi connectivity index (χ3v) is 3.74. The lowest BCUT2D eigenvalue weighted by Crippen LogP contribution is -2.13. The van der Waals surface area contributed by atoms with Gasteiger partial charge in [-0.15, -0.1) is 0 Å². The zero-order valence-corrected chi connectivity index (χ0v) is 14.0. The van der Waals surface area contributed by atoms with E-state index in [4.69, 9.17) is 9.47 Å². The van der Waals surface area contributed by atoms with Crippen LogP contribution in [-0.2, 0) is 14.9 Å². The van der Waals surface area contributed by atoms with Crippen LogP contribution >= 0.6 is 0 Å². The molecule has 1 saturated heterocycles. The largest absolute Gasteiger partial charge is 0.491 e. The number of ether oxygens (including phenoxy) is 2. The van der Waals surface area contributed by atoms with Gasteiger partial charge >= 0.3 is 0 Å². The van der Waals surface area contributed by atoms with Gasteiger partial charge in [-0.2, -0.15) is 0 Å². The van der Waals surface area contributed by atoms with Gasteiger partial charge in [0, 0.05) is 5.41 Å². The Morgan fingerprint density at radius 3 is 2.59 bits per heavy atom. The molecule has 0 radical (unpaired) electrons. The van der Waals surface area contributed by atoms with E-state index in [0.717, 1.165) is 12.4 Å². The summed E-state index contributed by atoms with van der Waals surface area (Å²) in [6.45, 7) is 9.99. The van der Waals surface area contributed by atoms with Crippen molar-refractivity contribution in [3.8, 4) is 0 Å². The molecule has 1 aromatic rings. The van der Waals surface area contributed by atoms with Crippen molar-refractivity contribution in [2.24, 2.45) is 0 Å². The van der Waals surface area contributed by atoms with Crippen LogP contribution < -0.4 is 0 Å². The molecule has 0 saturated carbocycles. The molecule has 0 N–H and O–H groups in total. The maximum Gasteiger partial charge on any atom is 0.119 e. The first-order chi connectivity index (χ1) is 10.5. The molecule has 2 heteroatoms. The molecular weight excluding hydrogens is 272 g/mol. The monoisotopic (exact) mass is 298 g/mol. The smallest absolute Gasteiger partial charge is 0.119 e. The van der Waals surface area contributed by atoms with Gasteiger partial charge in [0.1, 0.15) is 18.5 Å². The van der Waals surface area contributed by atoms with Crippen molar-refractivity contribution in [2.45, 2.75) is 39.2 Å². The zero-order valence-electron chi connectivity index (χ0n) is 14.0. The highest BCUT2D eigenvalue weighted by Crippen LogP contribution is 2.25. The second kappa shape index (κ2) is 7.46. The fourth-order valence-corrected chi connectivity index (χ4v) is 2.13. The van der Waals surface area contributed by atoms with Gasteiger partial charge in [-0.25, -0.2) is 0 Å². The summed E-state index contributed by atoms with van der Waals surface area (Å²) in [5, 5.41) is 0. The van der Waals surface area contributed by atoms with Crippen molar-refractivity contribution < 1.29 is 9.47 Å². The van der Waals surface area contributed by atoms with Gasteiger partial charge in [-0.3, -0.25) is 0 Å². The molecule has 2 rings (SSSR count). The molecule has 1 fully saturated rings. The van der Waals surface area contributed by atoms with Crippen molar-refractivity contribution >= 4 is 0 Å². The summed E-state index contributed by atoms with van der Waals surface area (Å²) in [5.41, 5.74) is 2.59. The topological polar surface area (TPSA) is 21.8 Å². The summed E-state index contributed by atoms with van der Waals surface area (Å²) in [6, 6.07) is 8.70. The SMILES string of the molecule is C\C=C/C(=C\C=C\C(C)(C)c1ccc(C)cc1)OCC1CO1. The Hall–Kier alpha value is -1.80. The number of rotatable bonds is 7. The summed E-state index contributed by atoms with van der Waals surface area (Å²) in [5.74, 6) is 0.869. The number of benzene rings is 1. The maximum atomic E-state index is 5.74. The third kappa shape index (κ3) is 5.19. The quantitative estimate of drug-likeness (QED) is 0.413. The Morgan fingerprint density at radius 1 is 1.32 bits per heavy atom. The van der Waals surface area contributed by atoms with Crippen LogP contribution in [0.1, 0.15) is 31.9 Å². The van der Waals surface area contributed by atoms with Crippen LogP contribution in [0.15, 0.2) is 60.4 Å². The molecule has 1 heterocycles. The molecule has 118 valence electrons. The highest BCUT2D eigenvalue weighted by Gasteiger charge is 2.23. The number of hydrogen-bond acceptors (Lipinski definition) is 2. The summed E-state index contributed by atoms with van der Waals surface area (Å²) >= 11 is 0. The summed E-state index contributed by atoms with van der Waals surface area (Å²) in [4.78, 5) is 0. The van der Waals surface area contributed by atoms with E-state index < -0.39 is 0 Å². The molecule has 1 aliphatic heterocycles. The Bertz CT molecular complexity index is 558. The molecule has 0 aliphatic carbocycles. The van der Waals surface area contributed by atoms with Gasteiger partial charge in [-0.1, -0.05) is 61.9 Å². The maximum absolute atomic E-state index is 5.74. The Labute approximate surface area is 134 Å². The third-order valence-electron chi connectivity index (χ3n) is 3.74. The first-order valence-electron chi connectivity index (χ1n) is 7.85. The fraction of sp³-hybridized carbons (Fsp3) is 0.400. The minimum Gasteiger partial charge on any atom is -0.491 e. The fourth-order valence-electron chi connectivity index (χ4n) is 2.13. The number of aryl methyl sites for hydroxylation is 1. The second-order valence-corrected chi connectivity index (χ2v) is 6.28. The van der Waals surface area contributed by atoms with Gasteiger partial charge < -0.3 is 9.47 Å². The van der Waals surface area contributed by atoms with Crippen LogP contribution in [0.3, 0.4) is 0 Å². The number of allylic oxidation sites excluding steroid dienone is 5. The van der Waals surface area contributed by atoms with Gasteiger partial charge in [0.05, 0.1) is 6.61 Å². The van der Waals surface area contributed by atoms with Crippen LogP contribution in [-0.4, -0.2) is 19.3 Å². The van der Waals surface area contributed by atoms with Gasteiger partial charge in [0.2, 0.25) is 0 Å². The van der Waals surface area contributed by atoms with E-state index >= 15 is 0 Å². The molecule has 1 unspecified atom stereocenters. The summed E-state index contributed by atoms with van der Waals surface area (Å²) in [7, 11) is 0. The molecule has 2 nitrogen and oxygen atoms in total. The number of epoxide rings is 1. The van der Waals surface area contributed by atoms with E-state index in [2.05, 4.69) is 57.2 Å². The Morgan fingerprint density at radius 2 is 2.00 bits per heavy atom. The summed E-state index contributed by atoms with van der Waals surface area (Å²) < 4.78 is 10.9. The molecule has 1 aromatic carbocycles. The molecule has 22 heavy (non-hydrogen) atoms. The molecular formula is C20H26O2.